The molecule has 0 aromatic rings. The molecule has 0 bridgehead atoms. The van der Waals surface area contributed by atoms with Crippen LogP contribution < -0.4 is 88.5 Å². The van der Waals surface area contributed by atoms with Crippen molar-refractivity contribution >= 4 is 15.8 Å². The summed E-state index contributed by atoms with van der Waals surface area (Å²) >= 11 is 0. The van der Waals surface area contributed by atoms with E-state index in [0.29, 0.717) is 0 Å². The standard InChI is InChI=1S/Cs.2FH2O3P.Fe/c;2*1-5(2,3)4;/h;2*(H2,2,3,4);/q+1;;;+3/p-4. The van der Waals surface area contributed by atoms with Gasteiger partial charge in [-0.25, -0.2) is 8.39 Å². The van der Waals surface area contributed by atoms with Crippen molar-refractivity contribution in [3.63, 3.8) is 0 Å². The van der Waals surface area contributed by atoms with Crippen LogP contribution in [0.3, 0.4) is 0 Å². The van der Waals surface area contributed by atoms with Crippen LogP contribution in [0, 0.1) is 0 Å². The summed E-state index contributed by atoms with van der Waals surface area (Å²) in [6, 6.07) is 0. The van der Waals surface area contributed by atoms with E-state index < -0.39 is 15.8 Å². The molecule has 0 fully saturated rings. The molecule has 12 heteroatoms. The maximum Gasteiger partial charge on any atom is 3.00 e. The van der Waals surface area contributed by atoms with Gasteiger partial charge in [0.05, 0.1) is 0 Å². The molecule has 0 spiro atoms. The predicted molar refractivity (Wildman–Crippen MR) is 17.4 cm³/mol. The zero-order valence-electron chi connectivity index (χ0n) is 5.45. The smallest absolute Gasteiger partial charge is 0.786 e. The van der Waals surface area contributed by atoms with Crippen molar-refractivity contribution < 1.29 is 123 Å². The number of rotatable bonds is 0. The van der Waals surface area contributed by atoms with Gasteiger partial charge in [0.15, 0.2) is 0 Å². The fourth-order valence-electron chi connectivity index (χ4n) is 0. The molecule has 0 amide bonds. The van der Waals surface area contributed by atoms with E-state index in [-0.39, 0.29) is 86.0 Å². The number of halogens is 2. The zero-order valence-corrected chi connectivity index (χ0v) is 14.6. The quantitative estimate of drug-likeness (QED) is 0.303. The van der Waals surface area contributed by atoms with Gasteiger partial charge in [-0.05, 0) is 0 Å². The summed E-state index contributed by atoms with van der Waals surface area (Å²) in [6.45, 7) is 0. The second kappa shape index (κ2) is 10.3. The summed E-state index contributed by atoms with van der Waals surface area (Å²) in [7, 11) is -11.3. The molecular weight excluding hydrogens is 385 g/mol. The van der Waals surface area contributed by atoms with E-state index in [1.807, 2.05) is 0 Å². The van der Waals surface area contributed by atoms with Crippen molar-refractivity contribution in [3.05, 3.63) is 0 Å². The Labute approximate surface area is 136 Å². The van der Waals surface area contributed by atoms with Crippen LogP contribution in [0.15, 0.2) is 0 Å². The van der Waals surface area contributed by atoms with Gasteiger partial charge in [-0.3, -0.25) is 0 Å². The largest absolute Gasteiger partial charge is 3.00 e. The van der Waals surface area contributed by atoms with Gasteiger partial charge >= 0.3 is 86.0 Å². The SMILES string of the molecule is O=P([O-])([O-])F.O=P([O-])([O-])F.[Cs+].[Fe+3]. The second-order valence-electron chi connectivity index (χ2n) is 0.861. The average molecular weight is 385 g/mol. The Morgan fingerprint density at radius 3 is 0.833 bits per heavy atom. The molecule has 0 unspecified atom stereocenters. The molecule has 69 valence electrons. The van der Waals surface area contributed by atoms with E-state index >= 15 is 0 Å². The summed E-state index contributed by atoms with van der Waals surface area (Å²) in [5.74, 6) is 0. The molecule has 0 saturated carbocycles. The molecule has 0 atom stereocenters. The van der Waals surface area contributed by atoms with E-state index in [1.54, 1.807) is 0 Å². The molecule has 1 radical (unpaired) electrons. The Morgan fingerprint density at radius 1 is 0.833 bits per heavy atom. The van der Waals surface area contributed by atoms with Crippen molar-refractivity contribution in [2.45, 2.75) is 0 Å². The van der Waals surface area contributed by atoms with Crippen LogP contribution in [0.1, 0.15) is 0 Å². The Hall–Kier alpha value is 2.73. The van der Waals surface area contributed by atoms with E-state index in [0.717, 1.165) is 0 Å². The Balaban J connectivity index is -0.0000000457. The molecule has 0 aromatic heterocycles. The van der Waals surface area contributed by atoms with Crippen LogP contribution in [0.25, 0.3) is 0 Å². The van der Waals surface area contributed by atoms with Gasteiger partial charge in [-0.15, -0.1) is 0 Å². The zero-order chi connectivity index (χ0) is 9.00. The second-order valence-corrected chi connectivity index (χ2v) is 2.58. The van der Waals surface area contributed by atoms with Crippen LogP contribution in [0.5, 0.6) is 0 Å². The summed E-state index contributed by atoms with van der Waals surface area (Å²) < 4.78 is 37.1. The van der Waals surface area contributed by atoms with E-state index in [1.165, 1.54) is 0 Å². The molecule has 0 heterocycles. The van der Waals surface area contributed by atoms with Crippen molar-refractivity contribution in [3.8, 4) is 0 Å². The summed E-state index contributed by atoms with van der Waals surface area (Å²) in [6.07, 6.45) is 0. The van der Waals surface area contributed by atoms with Gasteiger partial charge in [0, 0.05) is 0 Å². The van der Waals surface area contributed by atoms with Crippen molar-refractivity contribution in [1.82, 2.24) is 0 Å². The summed E-state index contributed by atoms with van der Waals surface area (Å²) in [5, 5.41) is 0. The van der Waals surface area contributed by atoms with Crippen LogP contribution in [-0.2, 0) is 26.2 Å². The Bertz CT molecular complexity index is 136. The molecule has 0 aliphatic heterocycles. The Kier molecular flexibility index (Phi) is 20.6. The van der Waals surface area contributed by atoms with Gasteiger partial charge in [0.2, 0.25) is 0 Å². The molecule has 0 aliphatic rings. The third-order valence-electron chi connectivity index (χ3n) is 0. The fourth-order valence-corrected chi connectivity index (χ4v) is 0. The summed E-state index contributed by atoms with van der Waals surface area (Å²) in [4.78, 5) is 33.8. The minimum atomic E-state index is -5.64. The predicted octanol–water partition coefficient (Wildman–Crippen LogP) is -5.43. The first-order chi connectivity index (χ1) is 4.00. The maximum atomic E-state index is 10.1. The molecule has 0 rings (SSSR count). The summed E-state index contributed by atoms with van der Waals surface area (Å²) in [5.41, 5.74) is 0. The van der Waals surface area contributed by atoms with Crippen LogP contribution in [0.2, 0.25) is 0 Å². The van der Waals surface area contributed by atoms with E-state index in [9.17, 15) is 8.39 Å². The van der Waals surface area contributed by atoms with E-state index in [4.69, 9.17) is 28.7 Å². The fraction of sp³-hybridized carbons (Fsp3) is 0. The van der Waals surface area contributed by atoms with Crippen molar-refractivity contribution in [1.29, 1.82) is 0 Å². The third-order valence-corrected chi connectivity index (χ3v) is 0. The van der Waals surface area contributed by atoms with Gasteiger partial charge in [0.1, 0.15) is 15.8 Å². The monoisotopic (exact) mass is 385 g/mol. The average Bonchev–Trinajstić information content (AvgIpc) is 1.12. The minimum Gasteiger partial charge on any atom is -0.786 e. The Morgan fingerprint density at radius 2 is 0.833 bits per heavy atom. The topological polar surface area (TPSA) is 126 Å². The normalized spacial score (nSPS) is 9.83. The first-order valence-electron chi connectivity index (χ1n) is 1.43. The molecule has 6 nitrogen and oxygen atoms in total. The first-order valence-corrected chi connectivity index (χ1v) is 4.30. The number of hydrogen-bond donors (Lipinski definition) is 0. The van der Waals surface area contributed by atoms with Gasteiger partial charge in [-0.2, -0.15) is 0 Å². The van der Waals surface area contributed by atoms with Crippen LogP contribution >= 0.6 is 15.8 Å². The molecule has 12 heavy (non-hydrogen) atoms. The first kappa shape index (κ1) is 24.1. The van der Waals surface area contributed by atoms with Crippen LogP contribution in [-0.4, -0.2) is 0 Å². The van der Waals surface area contributed by atoms with Crippen molar-refractivity contribution in [2.24, 2.45) is 0 Å². The van der Waals surface area contributed by atoms with Gasteiger partial charge < -0.3 is 28.7 Å². The third kappa shape index (κ3) is 235. The van der Waals surface area contributed by atoms with E-state index in [2.05, 4.69) is 0 Å². The van der Waals surface area contributed by atoms with Crippen LogP contribution in [0.4, 0.5) is 8.39 Å². The molecular formula is CsF2FeO6P2. The van der Waals surface area contributed by atoms with Gasteiger partial charge in [-0.1, -0.05) is 0 Å². The molecule has 0 aromatic carbocycles. The maximum absolute atomic E-state index is 10.1. The molecule has 0 saturated heterocycles. The minimum absolute atomic E-state index is 0. The molecule has 0 aliphatic carbocycles. The van der Waals surface area contributed by atoms with Crippen molar-refractivity contribution in [2.75, 3.05) is 0 Å². The van der Waals surface area contributed by atoms with Gasteiger partial charge in [0.25, 0.3) is 0 Å². The molecule has 0 N–H and O–H groups in total. The number of hydrogen-bond acceptors (Lipinski definition) is 6.